The SMILES string of the molecule is CCCC1(C(=O)N(Cc2ccc(C)o2)C(C)C)CCCN1. The zero-order valence-electron chi connectivity index (χ0n) is 13.7. The number of hydrogen-bond donors (Lipinski definition) is 1. The van der Waals surface area contributed by atoms with Crippen molar-refractivity contribution in [2.24, 2.45) is 0 Å². The Morgan fingerprint density at radius 3 is 2.71 bits per heavy atom. The van der Waals surface area contributed by atoms with Crippen LogP contribution in [-0.4, -0.2) is 28.9 Å². The third-order valence-corrected chi connectivity index (χ3v) is 4.34. The van der Waals surface area contributed by atoms with Gasteiger partial charge < -0.3 is 14.6 Å². The van der Waals surface area contributed by atoms with Gasteiger partial charge in [-0.25, -0.2) is 0 Å². The van der Waals surface area contributed by atoms with Gasteiger partial charge in [0.2, 0.25) is 5.91 Å². The third-order valence-electron chi connectivity index (χ3n) is 4.34. The first-order chi connectivity index (χ1) is 9.98. The normalized spacial score (nSPS) is 22.0. The van der Waals surface area contributed by atoms with Crippen molar-refractivity contribution in [2.75, 3.05) is 6.54 Å². The highest BCUT2D eigenvalue weighted by Crippen LogP contribution is 2.28. The van der Waals surface area contributed by atoms with E-state index in [0.29, 0.717) is 6.54 Å². The molecule has 0 radical (unpaired) electrons. The van der Waals surface area contributed by atoms with Crippen LogP contribution >= 0.6 is 0 Å². The lowest BCUT2D eigenvalue weighted by Gasteiger charge is -2.36. The van der Waals surface area contributed by atoms with Crippen LogP contribution in [0.25, 0.3) is 0 Å². The summed E-state index contributed by atoms with van der Waals surface area (Å²) in [6, 6.07) is 4.08. The molecule has 1 aromatic rings. The molecule has 1 atom stereocenters. The monoisotopic (exact) mass is 292 g/mol. The van der Waals surface area contributed by atoms with E-state index in [0.717, 1.165) is 43.7 Å². The number of nitrogens with zero attached hydrogens (tertiary/aromatic N) is 1. The highest BCUT2D eigenvalue weighted by atomic mass is 16.3. The van der Waals surface area contributed by atoms with E-state index in [1.807, 2.05) is 24.0 Å². The molecule has 0 saturated carbocycles. The van der Waals surface area contributed by atoms with E-state index in [2.05, 4.69) is 26.1 Å². The van der Waals surface area contributed by atoms with Crippen LogP contribution in [0.2, 0.25) is 0 Å². The summed E-state index contributed by atoms with van der Waals surface area (Å²) < 4.78 is 5.66. The van der Waals surface area contributed by atoms with Gasteiger partial charge in [-0.15, -0.1) is 0 Å². The predicted molar refractivity (Wildman–Crippen MR) is 84.0 cm³/mol. The van der Waals surface area contributed by atoms with E-state index in [4.69, 9.17) is 4.42 Å². The molecule has 0 aliphatic carbocycles. The van der Waals surface area contributed by atoms with Gasteiger partial charge in [0.1, 0.15) is 11.5 Å². The molecule has 1 aromatic heterocycles. The Balaban J connectivity index is 2.18. The average Bonchev–Trinajstić information content (AvgIpc) is 3.05. The van der Waals surface area contributed by atoms with Crippen molar-refractivity contribution < 1.29 is 9.21 Å². The van der Waals surface area contributed by atoms with E-state index in [-0.39, 0.29) is 17.5 Å². The van der Waals surface area contributed by atoms with Crippen molar-refractivity contribution in [3.05, 3.63) is 23.7 Å². The molecule has 1 fully saturated rings. The number of nitrogens with one attached hydrogen (secondary N) is 1. The van der Waals surface area contributed by atoms with Gasteiger partial charge in [0, 0.05) is 6.04 Å². The number of rotatable bonds is 6. The van der Waals surface area contributed by atoms with Crippen molar-refractivity contribution in [3.8, 4) is 0 Å². The number of amides is 1. The first kappa shape index (κ1) is 16.1. The lowest BCUT2D eigenvalue weighted by atomic mass is 9.89. The fraction of sp³-hybridized carbons (Fsp3) is 0.706. The molecular weight excluding hydrogens is 264 g/mol. The van der Waals surface area contributed by atoms with Crippen molar-refractivity contribution in [1.29, 1.82) is 0 Å². The van der Waals surface area contributed by atoms with Crippen molar-refractivity contribution in [3.63, 3.8) is 0 Å². The Morgan fingerprint density at radius 1 is 1.48 bits per heavy atom. The van der Waals surface area contributed by atoms with Gasteiger partial charge in [-0.3, -0.25) is 4.79 Å². The molecule has 0 bridgehead atoms. The summed E-state index contributed by atoms with van der Waals surface area (Å²) in [5, 5.41) is 3.48. The minimum absolute atomic E-state index is 0.166. The fourth-order valence-corrected chi connectivity index (χ4v) is 3.24. The topological polar surface area (TPSA) is 45.5 Å². The van der Waals surface area contributed by atoms with Crippen LogP contribution in [-0.2, 0) is 11.3 Å². The highest BCUT2D eigenvalue weighted by molar-refractivity contribution is 5.87. The van der Waals surface area contributed by atoms with Crippen LogP contribution in [0.3, 0.4) is 0 Å². The molecule has 1 aliphatic heterocycles. The molecular formula is C17H28N2O2. The second-order valence-corrected chi connectivity index (χ2v) is 6.40. The van der Waals surface area contributed by atoms with Crippen molar-refractivity contribution >= 4 is 5.91 Å². The standard InChI is InChI=1S/C17H28N2O2/c1-5-9-17(10-6-11-18-17)16(20)19(13(2)3)12-15-8-7-14(4)21-15/h7-8,13,18H,5-6,9-12H2,1-4H3. The summed E-state index contributed by atoms with van der Waals surface area (Å²) in [6.07, 6.45) is 3.95. The summed E-state index contributed by atoms with van der Waals surface area (Å²) in [5.74, 6) is 1.98. The van der Waals surface area contributed by atoms with Crippen LogP contribution in [0, 0.1) is 6.92 Å². The fourth-order valence-electron chi connectivity index (χ4n) is 3.24. The summed E-state index contributed by atoms with van der Waals surface area (Å²) in [5.41, 5.74) is -0.360. The Morgan fingerprint density at radius 2 is 2.24 bits per heavy atom. The van der Waals surface area contributed by atoms with E-state index >= 15 is 0 Å². The first-order valence-corrected chi connectivity index (χ1v) is 8.10. The maximum Gasteiger partial charge on any atom is 0.243 e. The van der Waals surface area contributed by atoms with Gasteiger partial charge in [0.25, 0.3) is 0 Å². The Hall–Kier alpha value is -1.29. The molecule has 1 N–H and O–H groups in total. The second kappa shape index (κ2) is 6.65. The number of carbonyl (C=O) groups is 1. The van der Waals surface area contributed by atoms with Gasteiger partial charge in [-0.1, -0.05) is 13.3 Å². The van der Waals surface area contributed by atoms with E-state index in [9.17, 15) is 4.79 Å². The molecule has 0 spiro atoms. The van der Waals surface area contributed by atoms with Gasteiger partial charge in [-0.2, -0.15) is 0 Å². The smallest absolute Gasteiger partial charge is 0.243 e. The zero-order valence-corrected chi connectivity index (χ0v) is 13.7. The maximum absolute atomic E-state index is 13.1. The first-order valence-electron chi connectivity index (χ1n) is 8.10. The van der Waals surface area contributed by atoms with E-state index in [1.54, 1.807) is 0 Å². The second-order valence-electron chi connectivity index (χ2n) is 6.40. The van der Waals surface area contributed by atoms with Gasteiger partial charge in [0.15, 0.2) is 0 Å². The molecule has 2 rings (SSSR count). The maximum atomic E-state index is 13.1. The number of aryl methyl sites for hydroxylation is 1. The minimum atomic E-state index is -0.360. The predicted octanol–water partition coefficient (Wildman–Crippen LogP) is 3.25. The summed E-state index contributed by atoms with van der Waals surface area (Å²) in [4.78, 5) is 15.1. The summed E-state index contributed by atoms with van der Waals surface area (Å²) >= 11 is 0. The Bertz CT molecular complexity index is 473. The Labute approximate surface area is 127 Å². The lowest BCUT2D eigenvalue weighted by molar-refractivity contribution is -0.141. The van der Waals surface area contributed by atoms with Gasteiger partial charge >= 0.3 is 0 Å². The summed E-state index contributed by atoms with van der Waals surface area (Å²) in [6.45, 7) is 9.71. The van der Waals surface area contributed by atoms with Crippen molar-refractivity contribution in [2.45, 2.75) is 71.5 Å². The molecule has 1 unspecified atom stereocenters. The van der Waals surface area contributed by atoms with Crippen molar-refractivity contribution in [1.82, 2.24) is 10.2 Å². The zero-order chi connectivity index (χ0) is 15.5. The molecule has 4 heteroatoms. The van der Waals surface area contributed by atoms with Crippen LogP contribution in [0.1, 0.15) is 58.0 Å². The summed E-state index contributed by atoms with van der Waals surface area (Å²) in [7, 11) is 0. The van der Waals surface area contributed by atoms with Crippen LogP contribution < -0.4 is 5.32 Å². The Kier molecular flexibility index (Phi) is 5.09. The number of carbonyl (C=O) groups excluding carboxylic acids is 1. The van der Waals surface area contributed by atoms with Crippen LogP contribution in [0.4, 0.5) is 0 Å². The van der Waals surface area contributed by atoms with Gasteiger partial charge in [0.05, 0.1) is 12.1 Å². The minimum Gasteiger partial charge on any atom is -0.464 e. The molecule has 118 valence electrons. The molecule has 2 heterocycles. The number of furan rings is 1. The van der Waals surface area contributed by atoms with Crippen LogP contribution in [0.15, 0.2) is 16.5 Å². The quantitative estimate of drug-likeness (QED) is 0.875. The lowest BCUT2D eigenvalue weighted by Crippen LogP contribution is -2.56. The van der Waals surface area contributed by atoms with Crippen LogP contribution in [0.5, 0.6) is 0 Å². The number of hydrogen-bond acceptors (Lipinski definition) is 3. The molecule has 4 nitrogen and oxygen atoms in total. The highest BCUT2D eigenvalue weighted by Gasteiger charge is 2.43. The third kappa shape index (κ3) is 3.49. The molecule has 21 heavy (non-hydrogen) atoms. The molecule has 0 aromatic carbocycles. The average molecular weight is 292 g/mol. The molecule has 1 aliphatic rings. The largest absolute Gasteiger partial charge is 0.464 e. The van der Waals surface area contributed by atoms with E-state index < -0.39 is 0 Å². The van der Waals surface area contributed by atoms with Gasteiger partial charge in [-0.05, 0) is 58.7 Å². The molecule has 1 amide bonds. The molecule has 1 saturated heterocycles. The van der Waals surface area contributed by atoms with E-state index in [1.165, 1.54) is 0 Å².